The molecule has 0 aliphatic carbocycles. The zero-order valence-electron chi connectivity index (χ0n) is 16.0. The fourth-order valence-electron chi connectivity index (χ4n) is 3.43. The van der Waals surface area contributed by atoms with Gasteiger partial charge in [-0.3, -0.25) is 9.59 Å². The second-order valence-electron chi connectivity index (χ2n) is 6.76. The van der Waals surface area contributed by atoms with Crippen LogP contribution in [0.4, 0.5) is 5.69 Å². The maximum Gasteiger partial charge on any atom is 0.299 e. The molecule has 1 aliphatic heterocycles. The number of aromatic nitrogens is 2. The molecule has 2 heterocycles. The van der Waals surface area contributed by atoms with Crippen LogP contribution in [0.2, 0.25) is 0 Å². The van der Waals surface area contributed by atoms with Crippen LogP contribution in [0, 0.1) is 25.7 Å². The second-order valence-corrected chi connectivity index (χ2v) is 6.76. The lowest BCUT2D eigenvalue weighted by atomic mass is 10.0. The van der Waals surface area contributed by atoms with E-state index in [0.717, 1.165) is 29.9 Å². The number of benzene rings is 1. The molecule has 1 aliphatic rings. The van der Waals surface area contributed by atoms with E-state index in [1.807, 2.05) is 48.9 Å². The summed E-state index contributed by atoms with van der Waals surface area (Å²) in [6.07, 6.45) is 2.49. The summed E-state index contributed by atoms with van der Waals surface area (Å²) in [7, 11) is 0. The molecule has 3 rings (SSSR count). The monoisotopic (exact) mass is 364 g/mol. The van der Waals surface area contributed by atoms with E-state index in [4.69, 9.17) is 0 Å². The molecule has 1 N–H and O–H groups in total. The summed E-state index contributed by atoms with van der Waals surface area (Å²) in [6.45, 7) is 6.16. The lowest BCUT2D eigenvalue weighted by molar-refractivity contribution is -0.135. The van der Waals surface area contributed by atoms with Crippen LogP contribution in [0.1, 0.15) is 37.6 Å². The third kappa shape index (κ3) is 4.20. The van der Waals surface area contributed by atoms with Crippen molar-refractivity contribution in [2.75, 3.05) is 11.9 Å². The Morgan fingerprint density at radius 2 is 1.93 bits per heavy atom. The van der Waals surface area contributed by atoms with Crippen molar-refractivity contribution in [1.82, 2.24) is 14.7 Å². The van der Waals surface area contributed by atoms with Gasteiger partial charge >= 0.3 is 0 Å². The van der Waals surface area contributed by atoms with E-state index in [0.29, 0.717) is 18.7 Å². The molecule has 0 saturated carbocycles. The first kappa shape index (κ1) is 18.7. The Morgan fingerprint density at radius 3 is 2.56 bits per heavy atom. The molecule has 0 radical (unpaired) electrons. The highest BCUT2D eigenvalue weighted by Gasteiger charge is 2.31. The van der Waals surface area contributed by atoms with Gasteiger partial charge in [0.25, 0.3) is 5.91 Å². The number of likely N-dealkylation sites (tertiary alicyclic amines) is 1. The molecule has 1 unspecified atom stereocenters. The summed E-state index contributed by atoms with van der Waals surface area (Å²) in [5.41, 5.74) is 3.65. The van der Waals surface area contributed by atoms with Crippen molar-refractivity contribution in [3.8, 4) is 17.5 Å². The first-order valence-electron chi connectivity index (χ1n) is 9.17. The summed E-state index contributed by atoms with van der Waals surface area (Å²) >= 11 is 0. The standard InChI is InChI=1S/C21H24N4O2/c1-4-7-20(26)24-13-6-5-8-19(24)21(27)22-17-9-11-18(12-10-17)25-16(3)14-15(2)23-25/h9-12,14,19H,5-6,8,13H2,1-3H3,(H,22,27). The molecule has 6 heteroatoms. The fraction of sp³-hybridized carbons (Fsp3) is 0.381. The average molecular weight is 364 g/mol. The molecule has 140 valence electrons. The van der Waals surface area contributed by atoms with Gasteiger partial charge in [-0.1, -0.05) is 5.92 Å². The highest BCUT2D eigenvalue weighted by Crippen LogP contribution is 2.20. The Morgan fingerprint density at radius 1 is 1.19 bits per heavy atom. The quantitative estimate of drug-likeness (QED) is 0.852. The molecule has 2 aromatic rings. The Bertz CT molecular complexity index is 902. The molecular formula is C21H24N4O2. The Balaban J connectivity index is 1.72. The number of anilines is 1. The zero-order valence-corrected chi connectivity index (χ0v) is 16.0. The number of hydrogen-bond donors (Lipinski definition) is 1. The summed E-state index contributed by atoms with van der Waals surface area (Å²) in [5.74, 6) is 4.72. The van der Waals surface area contributed by atoms with Crippen LogP contribution in [0.5, 0.6) is 0 Å². The van der Waals surface area contributed by atoms with Crippen LogP contribution in [0.25, 0.3) is 5.69 Å². The van der Waals surface area contributed by atoms with Crippen LogP contribution < -0.4 is 5.32 Å². The summed E-state index contributed by atoms with van der Waals surface area (Å²) in [6, 6.07) is 9.09. The number of hydrogen-bond acceptors (Lipinski definition) is 3. The topological polar surface area (TPSA) is 67.2 Å². The van der Waals surface area contributed by atoms with Gasteiger partial charge in [-0.2, -0.15) is 5.10 Å². The largest absolute Gasteiger partial charge is 0.324 e. The van der Waals surface area contributed by atoms with E-state index in [1.54, 1.807) is 11.8 Å². The van der Waals surface area contributed by atoms with Crippen molar-refractivity contribution in [3.63, 3.8) is 0 Å². The van der Waals surface area contributed by atoms with Gasteiger partial charge in [0.15, 0.2) is 0 Å². The number of rotatable bonds is 3. The number of carbonyl (C=O) groups excluding carboxylic acids is 2. The summed E-state index contributed by atoms with van der Waals surface area (Å²) in [4.78, 5) is 26.5. The van der Waals surface area contributed by atoms with Crippen molar-refractivity contribution >= 4 is 17.5 Å². The first-order valence-corrected chi connectivity index (χ1v) is 9.17. The number of nitrogens with zero attached hydrogens (tertiary/aromatic N) is 3. The molecule has 1 saturated heterocycles. The Hall–Kier alpha value is -3.07. The van der Waals surface area contributed by atoms with Crippen LogP contribution in [0.3, 0.4) is 0 Å². The smallest absolute Gasteiger partial charge is 0.299 e. The minimum atomic E-state index is -0.470. The van der Waals surface area contributed by atoms with Crippen molar-refractivity contribution in [2.45, 2.75) is 46.1 Å². The van der Waals surface area contributed by atoms with E-state index >= 15 is 0 Å². The highest BCUT2D eigenvalue weighted by molar-refractivity contribution is 6.01. The van der Waals surface area contributed by atoms with Crippen molar-refractivity contribution in [2.24, 2.45) is 0 Å². The van der Waals surface area contributed by atoms with Gasteiger partial charge in [0.1, 0.15) is 6.04 Å². The van der Waals surface area contributed by atoms with Gasteiger partial charge in [-0.15, -0.1) is 0 Å². The Kier molecular flexibility index (Phi) is 5.60. The lowest BCUT2D eigenvalue weighted by Gasteiger charge is -2.33. The molecule has 6 nitrogen and oxygen atoms in total. The maximum absolute atomic E-state index is 12.7. The average Bonchev–Trinajstić information content (AvgIpc) is 3.00. The molecule has 2 amide bonds. The first-order chi connectivity index (χ1) is 13.0. The molecule has 0 bridgehead atoms. The third-order valence-electron chi connectivity index (χ3n) is 4.69. The molecular weight excluding hydrogens is 340 g/mol. The molecule has 1 atom stereocenters. The van der Waals surface area contributed by atoms with Crippen molar-refractivity contribution < 1.29 is 9.59 Å². The molecule has 27 heavy (non-hydrogen) atoms. The second kappa shape index (κ2) is 8.09. The number of piperidine rings is 1. The van der Waals surface area contributed by atoms with Gasteiger partial charge < -0.3 is 10.2 Å². The number of nitrogens with one attached hydrogen (secondary N) is 1. The molecule has 1 aromatic heterocycles. The minimum absolute atomic E-state index is 0.167. The normalized spacial score (nSPS) is 16.4. The minimum Gasteiger partial charge on any atom is -0.324 e. The van der Waals surface area contributed by atoms with Crippen molar-refractivity contribution in [3.05, 3.63) is 41.7 Å². The third-order valence-corrected chi connectivity index (χ3v) is 4.69. The molecule has 1 aromatic carbocycles. The lowest BCUT2D eigenvalue weighted by Crippen LogP contribution is -2.49. The van der Waals surface area contributed by atoms with Gasteiger partial charge in [0.05, 0.1) is 11.4 Å². The van der Waals surface area contributed by atoms with E-state index in [-0.39, 0.29) is 11.8 Å². The fourth-order valence-corrected chi connectivity index (χ4v) is 3.43. The van der Waals surface area contributed by atoms with E-state index in [9.17, 15) is 9.59 Å². The van der Waals surface area contributed by atoms with E-state index in [1.165, 1.54) is 0 Å². The van der Waals surface area contributed by atoms with Crippen LogP contribution in [-0.2, 0) is 9.59 Å². The Labute approximate surface area is 159 Å². The zero-order chi connectivity index (χ0) is 19.4. The number of carbonyl (C=O) groups is 2. The molecule has 1 fully saturated rings. The maximum atomic E-state index is 12.7. The van der Waals surface area contributed by atoms with Gasteiger partial charge in [-0.05, 0) is 76.3 Å². The summed E-state index contributed by atoms with van der Waals surface area (Å²) in [5, 5.41) is 7.39. The number of amides is 2. The van der Waals surface area contributed by atoms with Crippen LogP contribution >= 0.6 is 0 Å². The van der Waals surface area contributed by atoms with Gasteiger partial charge in [-0.25, -0.2) is 4.68 Å². The van der Waals surface area contributed by atoms with Gasteiger partial charge in [0, 0.05) is 17.9 Å². The van der Waals surface area contributed by atoms with E-state index < -0.39 is 6.04 Å². The predicted octanol–water partition coefficient (Wildman–Crippen LogP) is 2.83. The van der Waals surface area contributed by atoms with Gasteiger partial charge in [0.2, 0.25) is 5.91 Å². The van der Waals surface area contributed by atoms with Crippen LogP contribution in [0.15, 0.2) is 30.3 Å². The SMILES string of the molecule is CC#CC(=O)N1CCCCC1C(=O)Nc1ccc(-n2nc(C)cc2C)cc1. The summed E-state index contributed by atoms with van der Waals surface area (Å²) < 4.78 is 1.87. The molecule has 0 spiro atoms. The van der Waals surface area contributed by atoms with Crippen LogP contribution in [-0.4, -0.2) is 39.1 Å². The highest BCUT2D eigenvalue weighted by atomic mass is 16.2. The van der Waals surface area contributed by atoms with E-state index in [2.05, 4.69) is 22.3 Å². The predicted molar refractivity (Wildman–Crippen MR) is 104 cm³/mol. The number of aryl methyl sites for hydroxylation is 2. The van der Waals surface area contributed by atoms with Crippen molar-refractivity contribution in [1.29, 1.82) is 0 Å².